The van der Waals surface area contributed by atoms with Crippen LogP contribution in [0.5, 0.6) is 0 Å². The molecule has 1 aliphatic heterocycles. The van der Waals surface area contributed by atoms with Crippen molar-refractivity contribution in [2.45, 2.75) is 58.8 Å². The summed E-state index contributed by atoms with van der Waals surface area (Å²) in [7, 11) is 0. The minimum atomic E-state index is -0.555. The highest BCUT2D eigenvalue weighted by Crippen LogP contribution is 2.16. The van der Waals surface area contributed by atoms with Gasteiger partial charge in [0, 0.05) is 6.54 Å². The molecule has 0 saturated carbocycles. The van der Waals surface area contributed by atoms with Gasteiger partial charge in [-0.1, -0.05) is 0 Å². The Hall–Kier alpha value is -1.30. The fourth-order valence-electron chi connectivity index (χ4n) is 2.07. The number of hydrogen-bond acceptors (Lipinski definition) is 5. The van der Waals surface area contributed by atoms with Gasteiger partial charge in [-0.3, -0.25) is 4.79 Å². The molecule has 0 spiro atoms. The maximum Gasteiger partial charge on any atom is 0.407 e. The highest BCUT2D eigenvalue weighted by molar-refractivity contribution is 5.75. The van der Waals surface area contributed by atoms with E-state index in [4.69, 9.17) is 9.47 Å². The van der Waals surface area contributed by atoms with E-state index in [1.54, 1.807) is 20.8 Å². The number of piperidine rings is 1. The maximum absolute atomic E-state index is 12.0. The van der Waals surface area contributed by atoms with Crippen molar-refractivity contribution in [3.05, 3.63) is 0 Å². The molecule has 0 unspecified atom stereocenters. The summed E-state index contributed by atoms with van der Waals surface area (Å²) in [4.78, 5) is 23.8. The molecule has 1 fully saturated rings. The Balaban J connectivity index is 2.60. The van der Waals surface area contributed by atoms with Crippen LogP contribution in [-0.4, -0.2) is 42.9 Å². The molecule has 0 aromatic carbocycles. The van der Waals surface area contributed by atoms with Gasteiger partial charge < -0.3 is 20.1 Å². The third kappa shape index (κ3) is 5.77. The van der Waals surface area contributed by atoms with Gasteiger partial charge in [-0.05, 0) is 47.6 Å². The van der Waals surface area contributed by atoms with Crippen molar-refractivity contribution in [1.82, 2.24) is 10.6 Å². The second-order valence-corrected chi connectivity index (χ2v) is 6.34. The number of rotatable bonds is 3. The van der Waals surface area contributed by atoms with Crippen LogP contribution in [0.1, 0.15) is 41.0 Å². The maximum atomic E-state index is 12.0. The van der Waals surface area contributed by atoms with Gasteiger partial charge in [0.25, 0.3) is 0 Å². The van der Waals surface area contributed by atoms with Gasteiger partial charge in [0.05, 0.1) is 18.1 Å². The Morgan fingerprint density at radius 3 is 2.50 bits per heavy atom. The Kier molecular flexibility index (Phi) is 5.80. The fraction of sp³-hybridized carbons (Fsp3) is 0.857. The zero-order valence-electron chi connectivity index (χ0n) is 13.0. The number of esters is 1. The van der Waals surface area contributed by atoms with E-state index in [9.17, 15) is 9.59 Å². The van der Waals surface area contributed by atoms with Crippen LogP contribution in [0.2, 0.25) is 0 Å². The lowest BCUT2D eigenvalue weighted by Crippen LogP contribution is -2.54. The molecule has 1 rings (SSSR count). The Labute approximate surface area is 120 Å². The molecule has 20 heavy (non-hydrogen) atoms. The predicted octanol–water partition coefficient (Wildman–Crippen LogP) is 1.44. The van der Waals surface area contributed by atoms with Crippen LogP contribution in [0.15, 0.2) is 0 Å². The van der Waals surface area contributed by atoms with Crippen molar-refractivity contribution >= 4 is 12.1 Å². The molecule has 2 N–H and O–H groups in total. The summed E-state index contributed by atoms with van der Waals surface area (Å²) in [6.45, 7) is 10.3. The number of nitrogens with one attached hydrogen (secondary N) is 2. The standard InChI is InChI=1S/C14H26N2O4/c1-9(2)19-12(17)10-6-7-15-8-11(10)16-13(18)20-14(3,4)5/h9-11,15H,6-8H2,1-5H3,(H,16,18)/t10-,11+/m0/s1. The first-order valence-corrected chi connectivity index (χ1v) is 7.10. The molecule has 0 bridgehead atoms. The van der Waals surface area contributed by atoms with Crippen molar-refractivity contribution in [3.63, 3.8) is 0 Å². The second kappa shape index (κ2) is 6.92. The topological polar surface area (TPSA) is 76.7 Å². The monoisotopic (exact) mass is 286 g/mol. The molecule has 0 aromatic rings. The van der Waals surface area contributed by atoms with Crippen LogP contribution in [-0.2, 0) is 14.3 Å². The van der Waals surface area contributed by atoms with Gasteiger partial charge in [-0.15, -0.1) is 0 Å². The van der Waals surface area contributed by atoms with E-state index >= 15 is 0 Å². The Morgan fingerprint density at radius 1 is 1.30 bits per heavy atom. The van der Waals surface area contributed by atoms with Crippen LogP contribution < -0.4 is 10.6 Å². The second-order valence-electron chi connectivity index (χ2n) is 6.34. The van der Waals surface area contributed by atoms with Crippen LogP contribution in [0.4, 0.5) is 4.79 Å². The summed E-state index contributed by atoms with van der Waals surface area (Å²) in [5, 5.41) is 5.92. The lowest BCUT2D eigenvalue weighted by molar-refractivity contribution is -0.154. The summed E-state index contributed by atoms with van der Waals surface area (Å²) in [6, 6.07) is -0.301. The first-order valence-electron chi connectivity index (χ1n) is 7.10. The zero-order chi connectivity index (χ0) is 15.3. The molecule has 6 nitrogen and oxygen atoms in total. The molecule has 1 amide bonds. The van der Waals surface area contributed by atoms with Crippen molar-refractivity contribution < 1.29 is 19.1 Å². The lowest BCUT2D eigenvalue weighted by Gasteiger charge is -2.32. The third-order valence-electron chi connectivity index (χ3n) is 2.84. The van der Waals surface area contributed by atoms with Crippen molar-refractivity contribution in [1.29, 1.82) is 0 Å². The average molecular weight is 286 g/mol. The number of carbonyl (C=O) groups excluding carboxylic acids is 2. The molecular formula is C14H26N2O4. The summed E-state index contributed by atoms with van der Waals surface area (Å²) < 4.78 is 10.5. The van der Waals surface area contributed by atoms with Crippen LogP contribution >= 0.6 is 0 Å². The highest BCUT2D eigenvalue weighted by Gasteiger charge is 2.34. The summed E-state index contributed by atoms with van der Waals surface area (Å²) in [6.07, 6.45) is -0.0143. The van der Waals surface area contributed by atoms with Gasteiger partial charge in [-0.2, -0.15) is 0 Å². The first kappa shape index (κ1) is 16.8. The van der Waals surface area contributed by atoms with E-state index in [2.05, 4.69) is 10.6 Å². The fourth-order valence-corrected chi connectivity index (χ4v) is 2.07. The Morgan fingerprint density at radius 2 is 1.95 bits per heavy atom. The van der Waals surface area contributed by atoms with Crippen molar-refractivity contribution in [2.75, 3.05) is 13.1 Å². The highest BCUT2D eigenvalue weighted by atomic mass is 16.6. The number of amides is 1. The third-order valence-corrected chi connectivity index (χ3v) is 2.84. The largest absolute Gasteiger partial charge is 0.463 e. The predicted molar refractivity (Wildman–Crippen MR) is 75.4 cm³/mol. The quantitative estimate of drug-likeness (QED) is 0.768. The summed E-state index contributed by atoms with van der Waals surface area (Å²) >= 11 is 0. The van der Waals surface area contributed by atoms with Gasteiger partial charge >= 0.3 is 12.1 Å². The number of ether oxygens (including phenoxy) is 2. The molecule has 6 heteroatoms. The van der Waals surface area contributed by atoms with Gasteiger partial charge in [-0.25, -0.2) is 4.79 Å². The average Bonchev–Trinajstić information content (AvgIpc) is 2.25. The minimum absolute atomic E-state index is 0.153. The SMILES string of the molecule is CC(C)OC(=O)[C@H]1CCNC[C@H]1NC(=O)OC(C)(C)C. The van der Waals surface area contributed by atoms with E-state index in [1.807, 2.05) is 13.8 Å². The Bertz CT molecular complexity index is 350. The molecule has 0 aromatic heterocycles. The number of carbonyl (C=O) groups is 2. The van der Waals surface area contributed by atoms with Crippen LogP contribution in [0, 0.1) is 5.92 Å². The normalized spacial score (nSPS) is 23.3. The lowest BCUT2D eigenvalue weighted by atomic mass is 9.93. The molecular weight excluding hydrogens is 260 g/mol. The van der Waals surface area contributed by atoms with E-state index in [0.717, 1.165) is 6.54 Å². The number of hydrogen-bond donors (Lipinski definition) is 2. The van der Waals surface area contributed by atoms with E-state index in [-0.39, 0.29) is 24.0 Å². The molecule has 0 aliphatic carbocycles. The minimum Gasteiger partial charge on any atom is -0.463 e. The zero-order valence-corrected chi connectivity index (χ0v) is 13.0. The van der Waals surface area contributed by atoms with E-state index < -0.39 is 11.7 Å². The molecule has 1 aliphatic rings. The van der Waals surface area contributed by atoms with Crippen LogP contribution in [0.25, 0.3) is 0 Å². The van der Waals surface area contributed by atoms with Crippen molar-refractivity contribution in [2.24, 2.45) is 5.92 Å². The summed E-state index contributed by atoms with van der Waals surface area (Å²) in [5.74, 6) is -0.589. The molecule has 1 saturated heterocycles. The molecule has 2 atom stereocenters. The van der Waals surface area contributed by atoms with Gasteiger partial charge in [0.2, 0.25) is 0 Å². The smallest absolute Gasteiger partial charge is 0.407 e. The van der Waals surface area contributed by atoms with Gasteiger partial charge in [0.15, 0.2) is 0 Å². The molecule has 116 valence electrons. The van der Waals surface area contributed by atoms with E-state index in [1.165, 1.54) is 0 Å². The summed E-state index contributed by atoms with van der Waals surface area (Å²) in [5.41, 5.74) is -0.555. The van der Waals surface area contributed by atoms with E-state index in [0.29, 0.717) is 13.0 Å². The van der Waals surface area contributed by atoms with Gasteiger partial charge in [0.1, 0.15) is 5.60 Å². The van der Waals surface area contributed by atoms with Crippen molar-refractivity contribution in [3.8, 4) is 0 Å². The first-order chi connectivity index (χ1) is 9.19. The number of alkyl carbamates (subject to hydrolysis) is 1. The molecule has 0 radical (unpaired) electrons. The van der Waals surface area contributed by atoms with Crippen LogP contribution in [0.3, 0.4) is 0 Å². The molecule has 1 heterocycles.